The maximum Gasteiger partial charge on any atom is 0.264 e. The largest absolute Gasteiger partial charge is 0.496 e. The van der Waals surface area contributed by atoms with Gasteiger partial charge in [-0.15, -0.1) is 0 Å². The van der Waals surface area contributed by atoms with Crippen molar-refractivity contribution in [3.8, 4) is 5.75 Å². The van der Waals surface area contributed by atoms with E-state index in [4.69, 9.17) is 8.92 Å². The SMILES string of the molecule is COc1cccc2c1CCC[C@H]2CCOS(C)(=O)=O. The summed E-state index contributed by atoms with van der Waals surface area (Å²) in [5.41, 5.74) is 2.54. The van der Waals surface area contributed by atoms with Gasteiger partial charge in [-0.25, -0.2) is 0 Å². The molecule has 4 nitrogen and oxygen atoms in total. The first-order chi connectivity index (χ1) is 9.01. The molecule has 1 aromatic carbocycles. The fourth-order valence-electron chi connectivity index (χ4n) is 2.75. The lowest BCUT2D eigenvalue weighted by Gasteiger charge is -2.26. The predicted octanol–water partition coefficient (Wildman–Crippen LogP) is 2.48. The van der Waals surface area contributed by atoms with E-state index in [-0.39, 0.29) is 6.61 Å². The molecule has 0 saturated heterocycles. The van der Waals surface area contributed by atoms with E-state index in [9.17, 15) is 8.42 Å². The van der Waals surface area contributed by atoms with Crippen molar-refractivity contribution < 1.29 is 17.3 Å². The minimum atomic E-state index is -3.34. The van der Waals surface area contributed by atoms with E-state index in [1.54, 1.807) is 7.11 Å². The molecule has 0 aromatic heterocycles. The van der Waals surface area contributed by atoms with E-state index < -0.39 is 10.1 Å². The fraction of sp³-hybridized carbons (Fsp3) is 0.571. The molecule has 0 N–H and O–H groups in total. The third kappa shape index (κ3) is 3.70. The second kappa shape index (κ2) is 5.92. The van der Waals surface area contributed by atoms with Crippen LogP contribution in [0, 0.1) is 0 Å². The Morgan fingerprint density at radius 2 is 2.16 bits per heavy atom. The number of hydrogen-bond donors (Lipinski definition) is 0. The Kier molecular flexibility index (Phi) is 4.47. The van der Waals surface area contributed by atoms with Crippen LogP contribution < -0.4 is 4.74 Å². The summed E-state index contributed by atoms with van der Waals surface area (Å²) in [6, 6.07) is 6.09. The first-order valence-corrected chi connectivity index (χ1v) is 8.33. The Hall–Kier alpha value is -1.07. The molecular weight excluding hydrogens is 264 g/mol. The molecule has 0 unspecified atom stereocenters. The monoisotopic (exact) mass is 284 g/mol. The van der Waals surface area contributed by atoms with Crippen LogP contribution in [0.25, 0.3) is 0 Å². The summed E-state index contributed by atoms with van der Waals surface area (Å²) in [5.74, 6) is 1.30. The summed E-state index contributed by atoms with van der Waals surface area (Å²) < 4.78 is 32.2. The lowest BCUT2D eigenvalue weighted by Crippen LogP contribution is -2.14. The molecule has 0 heterocycles. The van der Waals surface area contributed by atoms with Gasteiger partial charge in [-0.2, -0.15) is 8.42 Å². The van der Waals surface area contributed by atoms with Crippen LogP contribution in [-0.4, -0.2) is 28.4 Å². The van der Waals surface area contributed by atoms with E-state index in [1.165, 1.54) is 11.1 Å². The topological polar surface area (TPSA) is 52.6 Å². The van der Waals surface area contributed by atoms with Gasteiger partial charge in [0.05, 0.1) is 20.0 Å². The number of fused-ring (bicyclic) bond motifs is 1. The normalized spacial score (nSPS) is 18.9. The Morgan fingerprint density at radius 3 is 2.84 bits per heavy atom. The summed E-state index contributed by atoms with van der Waals surface area (Å²) in [5, 5.41) is 0. The summed E-state index contributed by atoms with van der Waals surface area (Å²) in [6.45, 7) is 0.250. The van der Waals surface area contributed by atoms with Gasteiger partial charge >= 0.3 is 0 Å². The van der Waals surface area contributed by atoms with Crippen LogP contribution in [0.4, 0.5) is 0 Å². The van der Waals surface area contributed by atoms with Gasteiger partial charge in [-0.3, -0.25) is 4.18 Å². The van der Waals surface area contributed by atoms with Crippen LogP contribution in [0.3, 0.4) is 0 Å². The zero-order valence-corrected chi connectivity index (χ0v) is 12.2. The van der Waals surface area contributed by atoms with E-state index in [0.717, 1.165) is 37.7 Å². The lowest BCUT2D eigenvalue weighted by atomic mass is 9.81. The van der Waals surface area contributed by atoms with Crippen LogP contribution in [-0.2, 0) is 20.7 Å². The van der Waals surface area contributed by atoms with Gasteiger partial charge in [0.2, 0.25) is 0 Å². The molecule has 1 atom stereocenters. The van der Waals surface area contributed by atoms with Crippen LogP contribution >= 0.6 is 0 Å². The molecule has 1 aliphatic carbocycles. The van der Waals surface area contributed by atoms with Crippen molar-refractivity contribution in [3.63, 3.8) is 0 Å². The first kappa shape index (κ1) is 14.3. The molecular formula is C14H20O4S. The molecule has 0 bridgehead atoms. The lowest BCUT2D eigenvalue weighted by molar-refractivity contribution is 0.295. The number of benzene rings is 1. The smallest absolute Gasteiger partial charge is 0.264 e. The standard InChI is InChI=1S/C14H20O4S/c1-17-14-8-4-6-12-11(5-3-7-13(12)14)9-10-18-19(2,15)16/h4,6,8,11H,3,5,7,9-10H2,1-2H3/t11-/m0/s1. The molecule has 0 spiro atoms. The zero-order valence-electron chi connectivity index (χ0n) is 11.4. The quantitative estimate of drug-likeness (QED) is 0.779. The van der Waals surface area contributed by atoms with Crippen LogP contribution in [0.15, 0.2) is 18.2 Å². The third-order valence-electron chi connectivity index (χ3n) is 3.57. The Labute approximate surface area is 114 Å². The summed E-state index contributed by atoms with van der Waals surface area (Å²) in [6.07, 6.45) is 5.03. The van der Waals surface area contributed by atoms with Crippen molar-refractivity contribution in [1.29, 1.82) is 0 Å². The number of rotatable bonds is 5. The molecule has 0 radical (unpaired) electrons. The minimum absolute atomic E-state index is 0.250. The molecule has 0 amide bonds. The molecule has 1 aliphatic rings. The van der Waals surface area contributed by atoms with Gasteiger partial charge in [0.25, 0.3) is 10.1 Å². The van der Waals surface area contributed by atoms with E-state index in [2.05, 4.69) is 6.07 Å². The van der Waals surface area contributed by atoms with Crippen molar-refractivity contribution in [2.24, 2.45) is 0 Å². The van der Waals surface area contributed by atoms with E-state index in [0.29, 0.717) is 5.92 Å². The van der Waals surface area contributed by atoms with Crippen LogP contribution in [0.2, 0.25) is 0 Å². The second-order valence-electron chi connectivity index (χ2n) is 4.93. The highest BCUT2D eigenvalue weighted by Gasteiger charge is 2.22. The zero-order chi connectivity index (χ0) is 13.9. The highest BCUT2D eigenvalue weighted by atomic mass is 32.2. The van der Waals surface area contributed by atoms with Crippen LogP contribution in [0.5, 0.6) is 5.75 Å². The molecule has 0 aliphatic heterocycles. The summed E-state index contributed by atoms with van der Waals surface area (Å²) in [7, 11) is -1.65. The molecule has 106 valence electrons. The highest BCUT2D eigenvalue weighted by Crippen LogP contribution is 2.38. The Bertz CT molecular complexity index is 536. The van der Waals surface area contributed by atoms with Gasteiger partial charge in [-0.05, 0) is 48.8 Å². The molecule has 0 saturated carbocycles. The number of ether oxygens (including phenoxy) is 1. The number of hydrogen-bond acceptors (Lipinski definition) is 4. The van der Waals surface area contributed by atoms with Gasteiger partial charge in [0.1, 0.15) is 5.75 Å². The fourth-order valence-corrected chi connectivity index (χ4v) is 3.15. The van der Waals surface area contributed by atoms with E-state index in [1.807, 2.05) is 12.1 Å². The highest BCUT2D eigenvalue weighted by molar-refractivity contribution is 7.85. The predicted molar refractivity (Wildman–Crippen MR) is 74.1 cm³/mol. The van der Waals surface area contributed by atoms with Crippen molar-refractivity contribution in [3.05, 3.63) is 29.3 Å². The summed E-state index contributed by atoms with van der Waals surface area (Å²) in [4.78, 5) is 0. The molecule has 2 rings (SSSR count). The maximum absolute atomic E-state index is 11.0. The van der Waals surface area contributed by atoms with Crippen molar-refractivity contribution in [2.45, 2.75) is 31.6 Å². The Balaban J connectivity index is 2.10. The second-order valence-corrected chi connectivity index (χ2v) is 6.58. The van der Waals surface area contributed by atoms with Gasteiger partial charge in [0, 0.05) is 0 Å². The van der Waals surface area contributed by atoms with Crippen molar-refractivity contribution in [1.82, 2.24) is 0 Å². The van der Waals surface area contributed by atoms with E-state index >= 15 is 0 Å². The average molecular weight is 284 g/mol. The number of methoxy groups -OCH3 is 1. The third-order valence-corrected chi connectivity index (χ3v) is 4.17. The van der Waals surface area contributed by atoms with Gasteiger partial charge in [-0.1, -0.05) is 12.1 Å². The first-order valence-electron chi connectivity index (χ1n) is 6.51. The molecule has 0 fully saturated rings. The molecule has 19 heavy (non-hydrogen) atoms. The van der Waals surface area contributed by atoms with Crippen LogP contribution in [0.1, 0.15) is 36.3 Å². The van der Waals surface area contributed by atoms with Crippen molar-refractivity contribution in [2.75, 3.05) is 20.0 Å². The van der Waals surface area contributed by atoms with Crippen molar-refractivity contribution >= 4 is 10.1 Å². The summed E-state index contributed by atoms with van der Waals surface area (Å²) >= 11 is 0. The minimum Gasteiger partial charge on any atom is -0.496 e. The molecule has 1 aromatic rings. The maximum atomic E-state index is 11.0. The van der Waals surface area contributed by atoms with Gasteiger partial charge in [0.15, 0.2) is 0 Å². The molecule has 5 heteroatoms. The Morgan fingerprint density at radius 1 is 1.37 bits per heavy atom. The average Bonchev–Trinajstić information content (AvgIpc) is 2.37. The van der Waals surface area contributed by atoms with Gasteiger partial charge < -0.3 is 4.74 Å².